The van der Waals surface area contributed by atoms with E-state index in [4.69, 9.17) is 0 Å². The number of aldehydes is 1. The van der Waals surface area contributed by atoms with Gasteiger partial charge in [-0.05, 0) is 5.41 Å². The van der Waals surface area contributed by atoms with Crippen LogP contribution in [-0.2, 0) is 4.79 Å². The van der Waals surface area contributed by atoms with E-state index < -0.39 is 0 Å². The van der Waals surface area contributed by atoms with E-state index in [2.05, 4.69) is 18.7 Å². The van der Waals surface area contributed by atoms with Crippen LogP contribution in [0.25, 0.3) is 0 Å². The molecule has 0 spiro atoms. The number of carbonyl (C=O) groups is 1. The van der Waals surface area contributed by atoms with Gasteiger partial charge in [0.15, 0.2) is 0 Å². The van der Waals surface area contributed by atoms with Crippen molar-refractivity contribution in [3.63, 3.8) is 0 Å². The quantitative estimate of drug-likeness (QED) is 0.570. The van der Waals surface area contributed by atoms with Gasteiger partial charge in [0.1, 0.15) is 6.29 Å². The number of rotatable bonds is 3. The Kier molecular flexibility index (Phi) is 2.33. The molecule has 1 aliphatic rings. The summed E-state index contributed by atoms with van der Waals surface area (Å²) in [6, 6.07) is 0. The fourth-order valence-corrected chi connectivity index (χ4v) is 1.74. The molecule has 0 aromatic carbocycles. The third kappa shape index (κ3) is 2.29. The lowest BCUT2D eigenvalue weighted by Gasteiger charge is -2.46. The Bertz CT molecular complexity index is 146. The molecule has 0 bridgehead atoms. The van der Waals surface area contributed by atoms with Crippen molar-refractivity contribution < 1.29 is 4.79 Å². The second-order valence-electron chi connectivity index (χ2n) is 4.45. The molecule has 1 atom stereocenters. The topological polar surface area (TPSA) is 20.3 Å². The van der Waals surface area contributed by atoms with E-state index in [1.165, 1.54) is 0 Å². The van der Waals surface area contributed by atoms with Crippen molar-refractivity contribution in [2.75, 3.05) is 19.6 Å². The molecule has 0 amide bonds. The normalized spacial score (nSPS) is 25.7. The first-order chi connectivity index (χ1) is 5.03. The highest BCUT2D eigenvalue weighted by molar-refractivity contribution is 5.53. The van der Waals surface area contributed by atoms with E-state index in [-0.39, 0.29) is 5.92 Å². The van der Waals surface area contributed by atoms with Crippen molar-refractivity contribution in [3.05, 3.63) is 0 Å². The van der Waals surface area contributed by atoms with Gasteiger partial charge in [-0.2, -0.15) is 0 Å². The van der Waals surface area contributed by atoms with Gasteiger partial charge in [0.05, 0.1) is 0 Å². The third-order valence-electron chi connectivity index (χ3n) is 2.08. The van der Waals surface area contributed by atoms with Gasteiger partial charge in [0.25, 0.3) is 0 Å². The van der Waals surface area contributed by atoms with Crippen LogP contribution in [0.4, 0.5) is 0 Å². The molecule has 64 valence electrons. The maximum atomic E-state index is 10.3. The van der Waals surface area contributed by atoms with Gasteiger partial charge in [0, 0.05) is 25.6 Å². The van der Waals surface area contributed by atoms with Crippen LogP contribution in [0.5, 0.6) is 0 Å². The van der Waals surface area contributed by atoms with Crippen LogP contribution in [0, 0.1) is 11.3 Å². The van der Waals surface area contributed by atoms with Crippen molar-refractivity contribution in [3.8, 4) is 0 Å². The highest BCUT2D eigenvalue weighted by atomic mass is 16.1. The summed E-state index contributed by atoms with van der Waals surface area (Å²) >= 11 is 0. The summed E-state index contributed by atoms with van der Waals surface area (Å²) in [7, 11) is 0. The Morgan fingerprint density at radius 2 is 2.09 bits per heavy atom. The molecule has 1 rings (SSSR count). The lowest BCUT2D eigenvalue weighted by Crippen LogP contribution is -2.54. The minimum Gasteiger partial charge on any atom is -0.303 e. The summed E-state index contributed by atoms with van der Waals surface area (Å²) in [4.78, 5) is 12.6. The third-order valence-corrected chi connectivity index (χ3v) is 2.08. The minimum atomic E-state index is 0.200. The van der Waals surface area contributed by atoms with E-state index in [1.54, 1.807) is 0 Å². The fraction of sp³-hybridized carbons (Fsp3) is 0.889. The molecule has 1 saturated heterocycles. The number of likely N-dealkylation sites (tertiary alicyclic amines) is 1. The van der Waals surface area contributed by atoms with Crippen LogP contribution in [-0.4, -0.2) is 30.8 Å². The molecule has 2 nitrogen and oxygen atoms in total. The van der Waals surface area contributed by atoms with Gasteiger partial charge in [-0.25, -0.2) is 0 Å². The molecule has 1 heterocycles. The average molecular weight is 155 g/mol. The second-order valence-corrected chi connectivity index (χ2v) is 4.45. The summed E-state index contributed by atoms with van der Waals surface area (Å²) in [5.74, 6) is 0.200. The lowest BCUT2D eigenvalue weighted by atomic mass is 9.84. The standard InChI is InChI=1S/C9H17NO/c1-8(5-11)4-10-6-9(2,3)7-10/h5,8H,4,6-7H2,1-3H3. The number of nitrogens with zero attached hydrogens (tertiary/aromatic N) is 1. The van der Waals surface area contributed by atoms with E-state index in [0.29, 0.717) is 5.41 Å². The van der Waals surface area contributed by atoms with Crippen molar-refractivity contribution in [2.45, 2.75) is 20.8 Å². The molecule has 0 N–H and O–H groups in total. The Balaban J connectivity index is 2.18. The highest BCUT2D eigenvalue weighted by Crippen LogP contribution is 2.28. The molecule has 1 fully saturated rings. The fourth-order valence-electron chi connectivity index (χ4n) is 1.74. The summed E-state index contributed by atoms with van der Waals surface area (Å²) < 4.78 is 0. The summed E-state index contributed by atoms with van der Waals surface area (Å²) in [5.41, 5.74) is 0.489. The predicted molar refractivity (Wildman–Crippen MR) is 45.4 cm³/mol. The van der Waals surface area contributed by atoms with Crippen LogP contribution >= 0.6 is 0 Å². The number of hydrogen-bond acceptors (Lipinski definition) is 2. The van der Waals surface area contributed by atoms with Crippen LogP contribution in [0.3, 0.4) is 0 Å². The molecule has 0 saturated carbocycles. The Labute approximate surface area is 68.6 Å². The molecule has 11 heavy (non-hydrogen) atoms. The van der Waals surface area contributed by atoms with Gasteiger partial charge in [-0.15, -0.1) is 0 Å². The van der Waals surface area contributed by atoms with Crippen molar-refractivity contribution >= 4 is 6.29 Å². The smallest absolute Gasteiger partial charge is 0.124 e. The van der Waals surface area contributed by atoms with Crippen molar-refractivity contribution in [1.29, 1.82) is 0 Å². The molecule has 0 radical (unpaired) electrons. The summed E-state index contributed by atoms with van der Waals surface area (Å²) in [6.45, 7) is 9.71. The van der Waals surface area contributed by atoms with Gasteiger partial charge < -0.3 is 9.69 Å². The van der Waals surface area contributed by atoms with Crippen LogP contribution < -0.4 is 0 Å². The largest absolute Gasteiger partial charge is 0.303 e. The predicted octanol–water partition coefficient (Wildman–Crippen LogP) is 1.16. The molecule has 0 aromatic rings. The zero-order chi connectivity index (χ0) is 8.48. The zero-order valence-corrected chi connectivity index (χ0v) is 7.63. The summed E-state index contributed by atoms with van der Waals surface area (Å²) in [6.07, 6.45) is 1.03. The molecule has 0 aromatic heterocycles. The number of hydrogen-bond donors (Lipinski definition) is 0. The minimum absolute atomic E-state index is 0.200. The maximum Gasteiger partial charge on any atom is 0.124 e. The van der Waals surface area contributed by atoms with Crippen LogP contribution in [0.15, 0.2) is 0 Å². The first-order valence-corrected chi connectivity index (χ1v) is 4.21. The number of carbonyl (C=O) groups excluding carboxylic acids is 1. The first-order valence-electron chi connectivity index (χ1n) is 4.21. The van der Waals surface area contributed by atoms with E-state index in [9.17, 15) is 4.79 Å². The van der Waals surface area contributed by atoms with Gasteiger partial charge in [-0.3, -0.25) is 0 Å². The molecular formula is C9H17NO. The van der Waals surface area contributed by atoms with Gasteiger partial charge in [0.2, 0.25) is 0 Å². The molecule has 2 heteroatoms. The maximum absolute atomic E-state index is 10.3. The Hall–Kier alpha value is -0.370. The molecule has 0 aliphatic carbocycles. The summed E-state index contributed by atoms with van der Waals surface area (Å²) in [5, 5.41) is 0. The van der Waals surface area contributed by atoms with Crippen LogP contribution in [0.2, 0.25) is 0 Å². The molecular weight excluding hydrogens is 138 g/mol. The molecule has 1 unspecified atom stereocenters. The Morgan fingerprint density at radius 3 is 2.45 bits per heavy atom. The van der Waals surface area contributed by atoms with E-state index >= 15 is 0 Å². The van der Waals surface area contributed by atoms with E-state index in [0.717, 1.165) is 25.9 Å². The zero-order valence-electron chi connectivity index (χ0n) is 7.63. The first kappa shape index (κ1) is 8.72. The van der Waals surface area contributed by atoms with E-state index in [1.807, 2.05) is 6.92 Å². The Morgan fingerprint density at radius 1 is 1.55 bits per heavy atom. The van der Waals surface area contributed by atoms with Crippen molar-refractivity contribution in [1.82, 2.24) is 4.90 Å². The monoisotopic (exact) mass is 155 g/mol. The highest BCUT2D eigenvalue weighted by Gasteiger charge is 2.34. The van der Waals surface area contributed by atoms with Crippen molar-refractivity contribution in [2.24, 2.45) is 11.3 Å². The van der Waals surface area contributed by atoms with Gasteiger partial charge >= 0.3 is 0 Å². The lowest BCUT2D eigenvalue weighted by molar-refractivity contribution is -0.112. The van der Waals surface area contributed by atoms with Gasteiger partial charge in [-0.1, -0.05) is 20.8 Å². The molecule has 1 aliphatic heterocycles. The SMILES string of the molecule is CC(C=O)CN1CC(C)(C)C1. The second kappa shape index (κ2) is 2.94. The van der Waals surface area contributed by atoms with Crippen LogP contribution in [0.1, 0.15) is 20.8 Å². The average Bonchev–Trinajstić information content (AvgIpc) is 1.83.